The first kappa shape index (κ1) is 32.6. The molecule has 2 heteroatoms. The monoisotopic (exact) mass is 710 g/mol. The van der Waals surface area contributed by atoms with Gasteiger partial charge in [-0.05, 0) is 117 Å². The molecule has 0 bridgehead atoms. The highest BCUT2D eigenvalue weighted by molar-refractivity contribution is 6.13. The van der Waals surface area contributed by atoms with Gasteiger partial charge in [0.2, 0.25) is 0 Å². The second-order valence-corrected chi connectivity index (χ2v) is 18.0. The Labute approximate surface area is 323 Å². The fourth-order valence-electron chi connectivity index (χ4n) is 10.5. The zero-order valence-corrected chi connectivity index (χ0v) is 32.7. The summed E-state index contributed by atoms with van der Waals surface area (Å²) in [6, 6.07) is 55.1. The van der Waals surface area contributed by atoms with Crippen LogP contribution in [0.2, 0.25) is 0 Å². The van der Waals surface area contributed by atoms with E-state index in [0.717, 1.165) is 0 Å². The van der Waals surface area contributed by atoms with Gasteiger partial charge in [-0.25, -0.2) is 0 Å². The minimum atomic E-state index is -0.0525. The van der Waals surface area contributed by atoms with Gasteiger partial charge in [0.1, 0.15) is 0 Å². The quantitative estimate of drug-likeness (QED) is 0.173. The van der Waals surface area contributed by atoms with Crippen molar-refractivity contribution in [1.29, 1.82) is 0 Å². The molecule has 0 aliphatic heterocycles. The number of hydrogen-bond acceptors (Lipinski definition) is 0. The number of hydrogen-bond donors (Lipinski definition) is 0. The molecule has 0 unspecified atom stereocenters. The number of aromatic nitrogens is 2. The maximum Gasteiger partial charge on any atom is 0.0543 e. The van der Waals surface area contributed by atoms with Crippen LogP contribution < -0.4 is 0 Å². The zero-order chi connectivity index (χ0) is 37.4. The van der Waals surface area contributed by atoms with Crippen molar-refractivity contribution >= 4 is 43.6 Å². The van der Waals surface area contributed by atoms with Crippen molar-refractivity contribution in [2.75, 3.05) is 0 Å². The molecular weight excluding hydrogens is 665 g/mol. The van der Waals surface area contributed by atoms with Crippen LogP contribution in [0, 0.1) is 0 Å². The van der Waals surface area contributed by atoms with Gasteiger partial charge in [-0.3, -0.25) is 0 Å². The summed E-state index contributed by atoms with van der Waals surface area (Å²) in [6.07, 6.45) is 2.42. The van der Waals surface area contributed by atoms with E-state index in [0.29, 0.717) is 0 Å². The SMILES string of the molecule is CC1(C)CCC(C)(C)c2cc(-n3c4ccccc4c4cc(-c5ccc6c(c5)c5ccccc5n6-c5cccc6c5-c5ccccc5C6(C)C)ccc43)ccc21. The van der Waals surface area contributed by atoms with E-state index in [-0.39, 0.29) is 16.2 Å². The van der Waals surface area contributed by atoms with Crippen LogP contribution in [0.4, 0.5) is 0 Å². The lowest BCUT2D eigenvalue weighted by molar-refractivity contribution is 0.332. The van der Waals surface area contributed by atoms with Gasteiger partial charge in [0.15, 0.2) is 0 Å². The summed E-state index contributed by atoms with van der Waals surface area (Å²) < 4.78 is 4.99. The maximum atomic E-state index is 2.50. The van der Waals surface area contributed by atoms with Crippen molar-refractivity contribution in [2.45, 2.75) is 70.6 Å². The van der Waals surface area contributed by atoms with Crippen molar-refractivity contribution in [1.82, 2.24) is 9.13 Å². The molecule has 0 amide bonds. The first-order valence-corrected chi connectivity index (χ1v) is 20.0. The van der Waals surface area contributed by atoms with Crippen molar-refractivity contribution < 1.29 is 0 Å². The molecule has 0 N–H and O–H groups in total. The summed E-state index contributed by atoms with van der Waals surface area (Å²) in [4.78, 5) is 0. The topological polar surface area (TPSA) is 9.86 Å². The molecule has 0 saturated carbocycles. The third-order valence-corrected chi connectivity index (χ3v) is 13.6. The molecule has 2 heterocycles. The predicted molar refractivity (Wildman–Crippen MR) is 233 cm³/mol. The average molecular weight is 711 g/mol. The van der Waals surface area contributed by atoms with Crippen molar-refractivity contribution in [3.8, 4) is 33.6 Å². The van der Waals surface area contributed by atoms with E-state index in [1.807, 2.05) is 0 Å². The average Bonchev–Trinajstić information content (AvgIpc) is 3.79. The molecule has 7 aromatic carbocycles. The minimum Gasteiger partial charge on any atom is -0.309 e. The van der Waals surface area contributed by atoms with Crippen LogP contribution in [-0.4, -0.2) is 9.13 Å². The summed E-state index contributed by atoms with van der Waals surface area (Å²) in [5.74, 6) is 0. The molecule has 0 spiro atoms. The summed E-state index contributed by atoms with van der Waals surface area (Å²) in [5, 5.41) is 5.13. The van der Waals surface area contributed by atoms with Crippen LogP contribution in [0.25, 0.3) is 77.2 Å². The van der Waals surface area contributed by atoms with Gasteiger partial charge in [-0.1, -0.05) is 133 Å². The number of benzene rings is 7. The van der Waals surface area contributed by atoms with Crippen molar-refractivity contribution in [3.63, 3.8) is 0 Å². The smallest absolute Gasteiger partial charge is 0.0543 e. The van der Waals surface area contributed by atoms with E-state index < -0.39 is 0 Å². The van der Waals surface area contributed by atoms with Gasteiger partial charge in [-0.15, -0.1) is 0 Å². The van der Waals surface area contributed by atoms with Crippen LogP contribution in [0.3, 0.4) is 0 Å². The number of fused-ring (bicyclic) bond motifs is 10. The first-order chi connectivity index (χ1) is 26.5. The molecular formula is C53H46N2. The van der Waals surface area contributed by atoms with Crippen LogP contribution in [-0.2, 0) is 16.2 Å². The second kappa shape index (κ2) is 11.1. The van der Waals surface area contributed by atoms with Crippen molar-refractivity contribution in [2.24, 2.45) is 0 Å². The Morgan fingerprint density at radius 1 is 0.400 bits per heavy atom. The highest BCUT2D eigenvalue weighted by Crippen LogP contribution is 2.52. The van der Waals surface area contributed by atoms with E-state index in [1.165, 1.54) is 112 Å². The molecule has 2 aliphatic rings. The molecule has 11 rings (SSSR count). The lowest BCUT2D eigenvalue weighted by atomic mass is 9.63. The Bertz CT molecular complexity index is 3070. The second-order valence-electron chi connectivity index (χ2n) is 18.0. The summed E-state index contributed by atoms with van der Waals surface area (Å²) >= 11 is 0. The molecule has 268 valence electrons. The Morgan fingerprint density at radius 3 is 1.64 bits per heavy atom. The predicted octanol–water partition coefficient (Wildman–Crippen LogP) is 14.2. The van der Waals surface area contributed by atoms with Crippen LogP contribution in [0.15, 0.2) is 146 Å². The van der Waals surface area contributed by atoms with Gasteiger partial charge in [0.05, 0.1) is 27.8 Å². The molecule has 2 nitrogen and oxygen atoms in total. The molecule has 0 saturated heterocycles. The summed E-state index contributed by atoms with van der Waals surface area (Å²) in [6.45, 7) is 14.4. The van der Waals surface area contributed by atoms with E-state index in [2.05, 4.69) is 196 Å². The van der Waals surface area contributed by atoms with E-state index in [1.54, 1.807) is 0 Å². The Morgan fingerprint density at radius 2 is 0.945 bits per heavy atom. The summed E-state index contributed by atoms with van der Waals surface area (Å²) in [7, 11) is 0. The van der Waals surface area contributed by atoms with Gasteiger partial charge in [-0.2, -0.15) is 0 Å². The first-order valence-electron chi connectivity index (χ1n) is 20.0. The standard InChI is InChI=1S/C53H46N2/c1-51(2)28-29-52(3,4)44-32-35(24-25-42(44)51)54-45-19-11-8-14-36(45)39-30-33(22-26-47(39)54)34-23-27-48-40(31-34)37-15-9-12-20-46(37)55(48)49-21-13-18-43-50(49)38-16-7-10-17-41(38)53(43,5)6/h7-27,30-32H,28-29H2,1-6H3. The largest absolute Gasteiger partial charge is 0.309 e. The molecule has 2 aromatic heterocycles. The zero-order valence-electron chi connectivity index (χ0n) is 32.7. The molecule has 2 aliphatic carbocycles. The molecule has 55 heavy (non-hydrogen) atoms. The van der Waals surface area contributed by atoms with Gasteiger partial charge in [0.25, 0.3) is 0 Å². The van der Waals surface area contributed by atoms with Crippen molar-refractivity contribution in [3.05, 3.63) is 168 Å². The highest BCUT2D eigenvalue weighted by Gasteiger charge is 2.38. The maximum absolute atomic E-state index is 2.50. The lowest BCUT2D eigenvalue weighted by Gasteiger charge is -2.42. The van der Waals surface area contributed by atoms with Crippen LogP contribution in [0.1, 0.15) is 76.6 Å². The van der Waals surface area contributed by atoms with E-state index in [4.69, 9.17) is 0 Å². The van der Waals surface area contributed by atoms with Gasteiger partial charge in [0, 0.05) is 38.2 Å². The van der Waals surface area contributed by atoms with Crippen LogP contribution in [0.5, 0.6) is 0 Å². The third kappa shape index (κ3) is 4.49. The molecule has 0 fully saturated rings. The number of para-hydroxylation sites is 2. The molecule has 9 aromatic rings. The third-order valence-electron chi connectivity index (χ3n) is 13.6. The minimum absolute atomic E-state index is 0.0525. The number of nitrogens with zero attached hydrogens (tertiary/aromatic N) is 2. The Hall–Kier alpha value is -5.86. The molecule has 0 atom stereocenters. The Kier molecular flexibility index (Phi) is 6.58. The Balaban J connectivity index is 1.09. The molecule has 0 radical (unpaired) electrons. The lowest BCUT2D eigenvalue weighted by Crippen LogP contribution is -2.33. The fraction of sp³-hybridized carbons (Fsp3) is 0.208. The normalized spacial score (nSPS) is 16.5. The highest BCUT2D eigenvalue weighted by atomic mass is 15.0. The van der Waals surface area contributed by atoms with Crippen LogP contribution >= 0.6 is 0 Å². The number of rotatable bonds is 3. The van der Waals surface area contributed by atoms with Gasteiger partial charge < -0.3 is 9.13 Å². The van der Waals surface area contributed by atoms with E-state index >= 15 is 0 Å². The summed E-state index contributed by atoms with van der Waals surface area (Å²) in [5.41, 5.74) is 18.7. The fourth-order valence-corrected chi connectivity index (χ4v) is 10.5. The van der Waals surface area contributed by atoms with E-state index in [9.17, 15) is 0 Å². The van der Waals surface area contributed by atoms with Gasteiger partial charge >= 0.3 is 0 Å².